The fraction of sp³-hybridized carbons (Fsp3) is 0.588. The summed E-state index contributed by atoms with van der Waals surface area (Å²) in [6, 6.07) is 7.01. The lowest BCUT2D eigenvalue weighted by Crippen LogP contribution is -2.22. The summed E-state index contributed by atoms with van der Waals surface area (Å²) in [7, 11) is 0. The second-order valence-electron chi connectivity index (χ2n) is 5.96. The van der Waals surface area contributed by atoms with E-state index in [9.17, 15) is 0 Å². The van der Waals surface area contributed by atoms with Gasteiger partial charge in [-0.15, -0.1) is 11.6 Å². The lowest BCUT2D eigenvalue weighted by atomic mass is 9.94. The molecule has 1 aliphatic carbocycles. The summed E-state index contributed by atoms with van der Waals surface area (Å²) in [5.74, 6) is 1.81. The Kier molecular flexibility index (Phi) is 4.80. The van der Waals surface area contributed by atoms with Gasteiger partial charge in [0, 0.05) is 23.6 Å². The lowest BCUT2D eigenvalue weighted by molar-refractivity contribution is 0.360. The quantitative estimate of drug-likeness (QED) is 0.739. The van der Waals surface area contributed by atoms with Gasteiger partial charge in [-0.1, -0.05) is 18.6 Å². The van der Waals surface area contributed by atoms with Crippen LogP contribution in [0.5, 0.6) is 0 Å². The molecule has 114 valence electrons. The van der Waals surface area contributed by atoms with Crippen LogP contribution in [-0.2, 0) is 6.42 Å². The molecule has 21 heavy (non-hydrogen) atoms. The van der Waals surface area contributed by atoms with Gasteiger partial charge in [0.15, 0.2) is 0 Å². The minimum absolute atomic E-state index is 0.584. The SMILES string of the molecule is CSC1CCCC(n2c(CCCl)nc3cccc(C)c32)C1. The second kappa shape index (κ2) is 6.62. The fourth-order valence-electron chi connectivity index (χ4n) is 3.59. The highest BCUT2D eigenvalue weighted by atomic mass is 35.5. The number of hydrogen-bond acceptors (Lipinski definition) is 2. The standard InChI is InChI=1S/C17H23ClN2S/c1-12-5-3-8-15-17(12)20(16(19-15)9-10-18)13-6-4-7-14(11-13)21-2/h3,5,8,13-14H,4,6-7,9-11H2,1-2H3. The number of hydrogen-bond donors (Lipinski definition) is 0. The maximum atomic E-state index is 6.01. The molecule has 0 N–H and O–H groups in total. The maximum absolute atomic E-state index is 6.01. The first-order valence-electron chi connectivity index (χ1n) is 7.79. The first-order valence-corrected chi connectivity index (χ1v) is 9.62. The minimum Gasteiger partial charge on any atom is -0.325 e. The van der Waals surface area contributed by atoms with E-state index in [1.165, 1.54) is 42.6 Å². The van der Waals surface area contributed by atoms with Gasteiger partial charge in [0.05, 0.1) is 11.0 Å². The van der Waals surface area contributed by atoms with Gasteiger partial charge in [0.1, 0.15) is 5.82 Å². The van der Waals surface area contributed by atoms with Gasteiger partial charge >= 0.3 is 0 Å². The van der Waals surface area contributed by atoms with Crippen molar-refractivity contribution in [3.63, 3.8) is 0 Å². The van der Waals surface area contributed by atoms with Crippen LogP contribution < -0.4 is 0 Å². The third-order valence-corrected chi connectivity index (χ3v) is 5.88. The number of alkyl halides is 1. The number of halogens is 1. The molecule has 1 aliphatic rings. The average molecular weight is 323 g/mol. The highest BCUT2D eigenvalue weighted by Gasteiger charge is 2.26. The van der Waals surface area contributed by atoms with Gasteiger partial charge in [-0.05, 0) is 44.1 Å². The van der Waals surface area contributed by atoms with Crippen molar-refractivity contribution >= 4 is 34.4 Å². The smallest absolute Gasteiger partial charge is 0.111 e. The Morgan fingerprint density at radius 3 is 3.00 bits per heavy atom. The summed E-state index contributed by atoms with van der Waals surface area (Å²) in [5, 5.41) is 0.786. The Labute approximate surface area is 136 Å². The zero-order chi connectivity index (χ0) is 14.8. The van der Waals surface area contributed by atoms with Gasteiger partial charge in [-0.3, -0.25) is 0 Å². The lowest BCUT2D eigenvalue weighted by Gasteiger charge is -2.30. The summed E-state index contributed by atoms with van der Waals surface area (Å²) in [4.78, 5) is 4.86. The molecule has 1 aromatic heterocycles. The van der Waals surface area contributed by atoms with Crippen LogP contribution in [0.25, 0.3) is 11.0 Å². The summed E-state index contributed by atoms with van der Waals surface area (Å²) in [6.07, 6.45) is 8.30. The molecule has 0 spiro atoms. The molecule has 0 amide bonds. The molecule has 0 radical (unpaired) electrons. The molecule has 4 heteroatoms. The highest BCUT2D eigenvalue weighted by Crippen LogP contribution is 2.37. The van der Waals surface area contributed by atoms with Crippen LogP contribution in [0.1, 0.15) is 43.1 Å². The van der Waals surface area contributed by atoms with Crippen molar-refractivity contribution in [1.82, 2.24) is 9.55 Å². The van der Waals surface area contributed by atoms with Crippen LogP contribution in [0.4, 0.5) is 0 Å². The largest absolute Gasteiger partial charge is 0.325 e. The Balaban J connectivity index is 2.08. The first kappa shape index (κ1) is 15.2. The molecule has 1 fully saturated rings. The van der Waals surface area contributed by atoms with E-state index in [4.69, 9.17) is 16.6 Å². The van der Waals surface area contributed by atoms with Crippen LogP contribution in [0.3, 0.4) is 0 Å². The van der Waals surface area contributed by atoms with Crippen LogP contribution >= 0.6 is 23.4 Å². The molecule has 2 aromatic rings. The number of benzene rings is 1. The summed E-state index contributed by atoms with van der Waals surface area (Å²) >= 11 is 8.03. The zero-order valence-corrected chi connectivity index (χ0v) is 14.4. The van der Waals surface area contributed by atoms with Gasteiger partial charge < -0.3 is 4.57 Å². The number of fused-ring (bicyclic) bond motifs is 1. The van der Waals surface area contributed by atoms with Crippen molar-refractivity contribution < 1.29 is 0 Å². The monoisotopic (exact) mass is 322 g/mol. The van der Waals surface area contributed by atoms with Crippen molar-refractivity contribution in [2.45, 2.75) is 50.3 Å². The van der Waals surface area contributed by atoms with Crippen molar-refractivity contribution in [3.05, 3.63) is 29.6 Å². The number of aryl methyl sites for hydroxylation is 2. The van der Waals surface area contributed by atoms with E-state index in [0.29, 0.717) is 11.9 Å². The van der Waals surface area contributed by atoms with E-state index in [-0.39, 0.29) is 0 Å². The fourth-order valence-corrected chi connectivity index (χ4v) is 4.58. The molecule has 2 nitrogen and oxygen atoms in total. The van der Waals surface area contributed by atoms with Crippen LogP contribution in [0.2, 0.25) is 0 Å². The van der Waals surface area contributed by atoms with Crippen LogP contribution in [0.15, 0.2) is 18.2 Å². The van der Waals surface area contributed by atoms with Crippen molar-refractivity contribution in [1.29, 1.82) is 0 Å². The predicted molar refractivity (Wildman–Crippen MR) is 93.7 cm³/mol. The Morgan fingerprint density at radius 2 is 2.24 bits per heavy atom. The Morgan fingerprint density at radius 1 is 1.38 bits per heavy atom. The Hall–Kier alpha value is -0.670. The third-order valence-electron chi connectivity index (χ3n) is 4.60. The molecule has 1 aromatic carbocycles. The molecule has 1 heterocycles. The number of aromatic nitrogens is 2. The van der Waals surface area contributed by atoms with Crippen molar-refractivity contribution in [2.75, 3.05) is 12.1 Å². The number of nitrogens with zero attached hydrogens (tertiary/aromatic N) is 2. The Bertz CT molecular complexity index is 623. The maximum Gasteiger partial charge on any atom is 0.111 e. The third kappa shape index (κ3) is 2.95. The molecule has 1 saturated carbocycles. The van der Waals surface area contributed by atoms with E-state index in [2.05, 4.69) is 35.9 Å². The van der Waals surface area contributed by atoms with Gasteiger partial charge in [-0.2, -0.15) is 11.8 Å². The van der Waals surface area contributed by atoms with E-state index >= 15 is 0 Å². The highest BCUT2D eigenvalue weighted by molar-refractivity contribution is 7.99. The van der Waals surface area contributed by atoms with Crippen LogP contribution in [0, 0.1) is 6.92 Å². The van der Waals surface area contributed by atoms with Crippen molar-refractivity contribution in [2.24, 2.45) is 0 Å². The summed E-state index contributed by atoms with van der Waals surface area (Å²) < 4.78 is 2.51. The van der Waals surface area contributed by atoms with Crippen LogP contribution in [-0.4, -0.2) is 26.9 Å². The van der Waals surface area contributed by atoms with E-state index in [0.717, 1.165) is 17.2 Å². The summed E-state index contributed by atoms with van der Waals surface area (Å²) in [5.41, 5.74) is 3.78. The number of para-hydroxylation sites is 1. The van der Waals surface area contributed by atoms with Crippen molar-refractivity contribution in [3.8, 4) is 0 Å². The van der Waals surface area contributed by atoms with E-state index < -0.39 is 0 Å². The normalized spacial score (nSPS) is 22.8. The summed E-state index contributed by atoms with van der Waals surface area (Å²) in [6.45, 7) is 2.19. The molecular weight excluding hydrogens is 300 g/mol. The van der Waals surface area contributed by atoms with E-state index in [1.54, 1.807) is 0 Å². The zero-order valence-electron chi connectivity index (χ0n) is 12.8. The van der Waals surface area contributed by atoms with E-state index in [1.807, 2.05) is 11.8 Å². The molecular formula is C17H23ClN2S. The van der Waals surface area contributed by atoms with Gasteiger partial charge in [0.2, 0.25) is 0 Å². The molecule has 0 saturated heterocycles. The van der Waals surface area contributed by atoms with Gasteiger partial charge in [0.25, 0.3) is 0 Å². The second-order valence-corrected chi connectivity index (χ2v) is 7.47. The average Bonchev–Trinajstić information content (AvgIpc) is 2.87. The first-order chi connectivity index (χ1) is 10.2. The molecule has 2 unspecified atom stereocenters. The minimum atomic E-state index is 0.584. The number of thioether (sulfide) groups is 1. The topological polar surface area (TPSA) is 17.8 Å². The number of imidazole rings is 1. The predicted octanol–water partition coefficient (Wildman–Crippen LogP) is 4.97. The molecule has 2 atom stereocenters. The molecule has 0 bridgehead atoms. The molecule has 0 aliphatic heterocycles. The number of rotatable bonds is 4. The van der Waals surface area contributed by atoms with Gasteiger partial charge in [-0.25, -0.2) is 4.98 Å². The molecule has 3 rings (SSSR count).